The van der Waals surface area contributed by atoms with Crippen molar-refractivity contribution in [3.05, 3.63) is 36.5 Å². The third-order valence-electron chi connectivity index (χ3n) is 17.9. The maximum Gasteiger partial charge on any atom is 0.305 e. The Bertz CT molecular complexity index is 1360. The van der Waals surface area contributed by atoms with Gasteiger partial charge in [-0.25, -0.2) is 0 Å². The Morgan fingerprint density at radius 3 is 0.929 bits per heavy atom. The predicted octanol–water partition coefficient (Wildman–Crippen LogP) is 25.0. The molecular formula is C78H149NO5. The van der Waals surface area contributed by atoms with Gasteiger partial charge in [0, 0.05) is 12.8 Å². The van der Waals surface area contributed by atoms with Crippen LogP contribution in [0.2, 0.25) is 0 Å². The number of unbranched alkanes of at least 4 members (excludes halogenated alkanes) is 57. The summed E-state index contributed by atoms with van der Waals surface area (Å²) < 4.78 is 5.50. The molecule has 0 bridgehead atoms. The smallest absolute Gasteiger partial charge is 0.305 e. The van der Waals surface area contributed by atoms with Crippen LogP contribution in [-0.2, 0) is 14.3 Å². The highest BCUT2D eigenvalue weighted by Crippen LogP contribution is 2.19. The molecule has 84 heavy (non-hydrogen) atoms. The number of aliphatic hydroxyl groups is 2. The number of amides is 1. The number of nitrogens with one attached hydrogen (secondary N) is 1. The zero-order valence-electron chi connectivity index (χ0n) is 56.9. The predicted molar refractivity (Wildman–Crippen MR) is 370 cm³/mol. The number of rotatable bonds is 72. The van der Waals surface area contributed by atoms with Gasteiger partial charge in [0.2, 0.25) is 5.91 Å². The molecule has 2 atom stereocenters. The lowest BCUT2D eigenvalue weighted by Gasteiger charge is -2.20. The summed E-state index contributed by atoms with van der Waals surface area (Å²) in [6.07, 6.45) is 95.4. The molecule has 0 fully saturated rings. The van der Waals surface area contributed by atoms with Crippen molar-refractivity contribution < 1.29 is 24.5 Å². The van der Waals surface area contributed by atoms with E-state index in [4.69, 9.17) is 4.74 Å². The molecule has 0 spiro atoms. The normalized spacial score (nSPS) is 12.7. The van der Waals surface area contributed by atoms with E-state index in [0.29, 0.717) is 19.4 Å². The van der Waals surface area contributed by atoms with Gasteiger partial charge < -0.3 is 20.3 Å². The van der Waals surface area contributed by atoms with E-state index in [1.807, 2.05) is 6.08 Å². The first kappa shape index (κ1) is 82.1. The molecule has 0 aromatic carbocycles. The molecule has 6 heteroatoms. The van der Waals surface area contributed by atoms with E-state index in [9.17, 15) is 19.8 Å². The molecule has 1 amide bonds. The lowest BCUT2D eigenvalue weighted by Crippen LogP contribution is -2.45. The van der Waals surface area contributed by atoms with Crippen LogP contribution in [0.25, 0.3) is 0 Å². The van der Waals surface area contributed by atoms with Crippen LogP contribution >= 0.6 is 0 Å². The Morgan fingerprint density at radius 1 is 0.333 bits per heavy atom. The summed E-state index contributed by atoms with van der Waals surface area (Å²) in [6.45, 7) is 4.92. The van der Waals surface area contributed by atoms with Crippen LogP contribution in [0.3, 0.4) is 0 Å². The van der Waals surface area contributed by atoms with Gasteiger partial charge in [0.25, 0.3) is 0 Å². The molecule has 0 saturated heterocycles. The van der Waals surface area contributed by atoms with E-state index in [0.717, 1.165) is 51.4 Å². The molecular weight excluding hydrogens is 1030 g/mol. The van der Waals surface area contributed by atoms with E-state index >= 15 is 0 Å². The highest BCUT2D eigenvalue weighted by molar-refractivity contribution is 5.76. The Hall–Kier alpha value is -1.92. The molecule has 0 aromatic rings. The first-order valence-electron chi connectivity index (χ1n) is 38.3. The molecule has 0 aliphatic rings. The lowest BCUT2D eigenvalue weighted by molar-refractivity contribution is -0.143. The SMILES string of the molecule is CCCCC/C=C\C/C=C\CCCCCCCCCC(=O)OCCCCCCCCCCCCCCCCCCCCCCCCCCCCCCCCCC(=O)NC(CO)C(O)/C=C/CCCCCCCCCCCCCCCCCCC. The first-order chi connectivity index (χ1) is 41.5. The Kier molecular flexibility index (Phi) is 71.9. The zero-order valence-corrected chi connectivity index (χ0v) is 56.9. The summed E-state index contributed by atoms with van der Waals surface area (Å²) in [7, 11) is 0. The van der Waals surface area contributed by atoms with E-state index in [1.54, 1.807) is 6.08 Å². The number of ether oxygens (including phenoxy) is 1. The van der Waals surface area contributed by atoms with Crippen LogP contribution in [0.4, 0.5) is 0 Å². The molecule has 496 valence electrons. The number of aliphatic hydroxyl groups excluding tert-OH is 2. The van der Waals surface area contributed by atoms with Crippen LogP contribution in [0, 0.1) is 0 Å². The minimum Gasteiger partial charge on any atom is -0.466 e. The number of carbonyl (C=O) groups is 2. The van der Waals surface area contributed by atoms with Gasteiger partial charge in [-0.2, -0.15) is 0 Å². The fourth-order valence-corrected chi connectivity index (χ4v) is 12.1. The van der Waals surface area contributed by atoms with Crippen LogP contribution in [0.5, 0.6) is 0 Å². The highest BCUT2D eigenvalue weighted by atomic mass is 16.5. The number of carbonyl (C=O) groups excluding carboxylic acids is 2. The summed E-state index contributed by atoms with van der Waals surface area (Å²) >= 11 is 0. The molecule has 0 radical (unpaired) electrons. The second-order valence-corrected chi connectivity index (χ2v) is 26.3. The van der Waals surface area contributed by atoms with Crippen LogP contribution in [0.15, 0.2) is 36.5 Å². The summed E-state index contributed by atoms with van der Waals surface area (Å²) in [4.78, 5) is 24.6. The van der Waals surface area contributed by atoms with Gasteiger partial charge in [-0.05, 0) is 64.2 Å². The molecule has 0 heterocycles. The number of hydrogen-bond donors (Lipinski definition) is 3. The second-order valence-electron chi connectivity index (χ2n) is 26.3. The molecule has 0 aliphatic carbocycles. The highest BCUT2D eigenvalue weighted by Gasteiger charge is 2.18. The summed E-state index contributed by atoms with van der Waals surface area (Å²) in [5, 5.41) is 23.3. The molecule has 0 saturated carbocycles. The van der Waals surface area contributed by atoms with E-state index < -0.39 is 12.1 Å². The number of esters is 1. The summed E-state index contributed by atoms with van der Waals surface area (Å²) in [5.74, 6) is -0.0467. The quantitative estimate of drug-likeness (QED) is 0.0320. The number of hydrogen-bond acceptors (Lipinski definition) is 5. The lowest BCUT2D eigenvalue weighted by atomic mass is 10.0. The van der Waals surface area contributed by atoms with Crippen molar-refractivity contribution in [1.82, 2.24) is 5.32 Å². The summed E-state index contributed by atoms with van der Waals surface area (Å²) in [5.41, 5.74) is 0. The topological polar surface area (TPSA) is 95.9 Å². The number of allylic oxidation sites excluding steroid dienone is 5. The van der Waals surface area contributed by atoms with Crippen molar-refractivity contribution >= 4 is 11.9 Å². The van der Waals surface area contributed by atoms with Crippen LogP contribution in [0.1, 0.15) is 425 Å². The van der Waals surface area contributed by atoms with Gasteiger partial charge in [-0.3, -0.25) is 9.59 Å². The van der Waals surface area contributed by atoms with Crippen molar-refractivity contribution in [1.29, 1.82) is 0 Å². The van der Waals surface area contributed by atoms with E-state index in [1.165, 1.54) is 347 Å². The third-order valence-corrected chi connectivity index (χ3v) is 17.9. The maximum absolute atomic E-state index is 12.5. The van der Waals surface area contributed by atoms with Gasteiger partial charge in [0.05, 0.1) is 25.4 Å². The van der Waals surface area contributed by atoms with Crippen molar-refractivity contribution in [2.24, 2.45) is 0 Å². The van der Waals surface area contributed by atoms with Crippen molar-refractivity contribution in [2.45, 2.75) is 437 Å². The zero-order chi connectivity index (χ0) is 60.6. The Labute approximate surface area is 525 Å². The second kappa shape index (κ2) is 73.5. The monoisotopic (exact) mass is 1180 g/mol. The van der Waals surface area contributed by atoms with Gasteiger partial charge in [-0.15, -0.1) is 0 Å². The van der Waals surface area contributed by atoms with Crippen molar-refractivity contribution in [3.8, 4) is 0 Å². The van der Waals surface area contributed by atoms with Gasteiger partial charge in [0.15, 0.2) is 0 Å². The molecule has 0 aromatic heterocycles. The Morgan fingerprint density at radius 2 is 0.595 bits per heavy atom. The molecule has 2 unspecified atom stereocenters. The largest absolute Gasteiger partial charge is 0.466 e. The van der Waals surface area contributed by atoms with Gasteiger partial charge in [0.1, 0.15) is 0 Å². The van der Waals surface area contributed by atoms with Crippen molar-refractivity contribution in [3.63, 3.8) is 0 Å². The minimum atomic E-state index is -0.842. The minimum absolute atomic E-state index is 0.0132. The molecule has 0 rings (SSSR count). The maximum atomic E-state index is 12.5. The average molecular weight is 1180 g/mol. The average Bonchev–Trinajstić information content (AvgIpc) is 3.51. The first-order valence-corrected chi connectivity index (χ1v) is 38.3. The molecule has 6 nitrogen and oxygen atoms in total. The van der Waals surface area contributed by atoms with Crippen LogP contribution < -0.4 is 5.32 Å². The molecule has 0 aliphatic heterocycles. The standard InChI is InChI=1S/C78H149NO5/c1-3-5-7-9-11-13-15-17-19-21-35-39-42-46-50-54-58-62-66-70-76(81)75(74-80)79-77(82)71-67-63-59-55-51-47-43-40-36-33-31-29-27-25-23-22-24-26-28-30-32-34-37-41-45-49-53-57-61-65-69-73-84-78(83)72-68-64-60-56-52-48-44-38-20-18-16-14-12-10-8-6-4-2/h12,14,18,20,66,70,75-76,80-81H,3-11,13,15-17,19,21-65,67-69,71-74H2,1-2H3,(H,79,82)/b14-12-,20-18-,70-66+. The fraction of sp³-hybridized carbons (Fsp3) is 0.897. The van der Waals surface area contributed by atoms with E-state index in [2.05, 4.69) is 43.5 Å². The third kappa shape index (κ3) is 69.2. The molecule has 3 N–H and O–H groups in total. The summed E-state index contributed by atoms with van der Waals surface area (Å²) in [6, 6.07) is -0.625. The van der Waals surface area contributed by atoms with Crippen molar-refractivity contribution in [2.75, 3.05) is 13.2 Å². The van der Waals surface area contributed by atoms with Gasteiger partial charge >= 0.3 is 5.97 Å². The van der Waals surface area contributed by atoms with Crippen LogP contribution in [-0.4, -0.2) is 47.4 Å². The fourth-order valence-electron chi connectivity index (χ4n) is 12.1. The Balaban J connectivity index is 3.35. The van der Waals surface area contributed by atoms with E-state index in [-0.39, 0.29) is 18.5 Å². The van der Waals surface area contributed by atoms with Gasteiger partial charge in [-0.1, -0.05) is 384 Å².